The van der Waals surface area contributed by atoms with Crippen molar-refractivity contribution in [2.75, 3.05) is 5.73 Å². The number of fused-ring (bicyclic) bond motifs is 1. The monoisotopic (exact) mass is 240 g/mol. The van der Waals surface area contributed by atoms with Crippen LogP contribution in [0.1, 0.15) is 23.1 Å². The summed E-state index contributed by atoms with van der Waals surface area (Å²) in [5, 5.41) is 0. The van der Waals surface area contributed by atoms with Crippen LogP contribution in [0, 0.1) is 0 Å². The lowest BCUT2D eigenvalue weighted by molar-refractivity contribution is 0.305. The summed E-state index contributed by atoms with van der Waals surface area (Å²) in [6.07, 6.45) is 5.40. The van der Waals surface area contributed by atoms with Crippen LogP contribution in [-0.2, 0) is 19.4 Å². The lowest BCUT2D eigenvalue weighted by Gasteiger charge is -2.08. The van der Waals surface area contributed by atoms with Gasteiger partial charge < -0.3 is 10.5 Å². The average molecular weight is 240 g/mol. The summed E-state index contributed by atoms with van der Waals surface area (Å²) in [7, 11) is 0. The highest BCUT2D eigenvalue weighted by Crippen LogP contribution is 2.26. The van der Waals surface area contributed by atoms with Crippen molar-refractivity contribution in [2.45, 2.75) is 25.9 Å². The Balaban J connectivity index is 1.68. The van der Waals surface area contributed by atoms with E-state index in [4.69, 9.17) is 10.5 Å². The molecular weight excluding hydrogens is 224 g/mol. The lowest BCUT2D eigenvalue weighted by atomic mass is 10.1. The molecule has 2 N–H and O–H groups in total. The fraction of sp³-hybridized carbons (Fsp3) is 0.267. The van der Waals surface area contributed by atoms with Crippen LogP contribution in [0.25, 0.3) is 0 Å². The summed E-state index contributed by atoms with van der Waals surface area (Å²) < 4.78 is 5.78. The number of aryl methyl sites for hydroxylation is 2. The van der Waals surface area contributed by atoms with Gasteiger partial charge in [-0.2, -0.15) is 0 Å². The van der Waals surface area contributed by atoms with Gasteiger partial charge in [-0.1, -0.05) is 12.1 Å². The Morgan fingerprint density at radius 2 is 2.00 bits per heavy atom. The van der Waals surface area contributed by atoms with Crippen LogP contribution >= 0.6 is 0 Å². The molecule has 0 fully saturated rings. The van der Waals surface area contributed by atoms with E-state index in [0.29, 0.717) is 12.4 Å². The Kier molecular flexibility index (Phi) is 2.89. The highest BCUT2D eigenvalue weighted by molar-refractivity contribution is 5.38. The number of anilines is 1. The number of pyridine rings is 1. The second-order valence-corrected chi connectivity index (χ2v) is 4.66. The molecule has 3 nitrogen and oxygen atoms in total. The van der Waals surface area contributed by atoms with Crippen LogP contribution in [-0.4, -0.2) is 4.98 Å². The van der Waals surface area contributed by atoms with E-state index in [2.05, 4.69) is 23.2 Å². The van der Waals surface area contributed by atoms with Gasteiger partial charge in [-0.15, -0.1) is 0 Å². The largest absolute Gasteiger partial charge is 0.489 e. The standard InChI is InChI=1S/C15H16N2O/c16-15-7-4-11(9-17-15)10-18-14-6-5-12-2-1-3-13(12)8-14/h4-9H,1-3,10H2,(H2,16,17). The van der Waals surface area contributed by atoms with Gasteiger partial charge in [0.15, 0.2) is 0 Å². The fourth-order valence-corrected chi connectivity index (χ4v) is 2.33. The number of hydrogen-bond donors (Lipinski definition) is 1. The summed E-state index contributed by atoms with van der Waals surface area (Å²) in [6.45, 7) is 0.534. The fourth-order valence-electron chi connectivity index (χ4n) is 2.33. The zero-order valence-electron chi connectivity index (χ0n) is 10.2. The molecule has 1 aliphatic carbocycles. The first-order valence-corrected chi connectivity index (χ1v) is 6.26. The lowest BCUT2D eigenvalue weighted by Crippen LogP contribution is -1.98. The Hall–Kier alpha value is -2.03. The minimum Gasteiger partial charge on any atom is -0.489 e. The Morgan fingerprint density at radius 3 is 2.83 bits per heavy atom. The number of rotatable bonds is 3. The molecule has 0 spiro atoms. The van der Waals surface area contributed by atoms with Gasteiger partial charge in [0.25, 0.3) is 0 Å². The number of nitrogens with two attached hydrogens (primary N) is 1. The van der Waals surface area contributed by atoms with Gasteiger partial charge in [0, 0.05) is 11.8 Å². The molecule has 3 heteroatoms. The molecule has 1 heterocycles. The van der Waals surface area contributed by atoms with Gasteiger partial charge in [0.05, 0.1) is 0 Å². The van der Waals surface area contributed by atoms with Gasteiger partial charge >= 0.3 is 0 Å². The Morgan fingerprint density at radius 1 is 1.11 bits per heavy atom. The third-order valence-corrected chi connectivity index (χ3v) is 3.32. The van der Waals surface area contributed by atoms with Gasteiger partial charge in [-0.3, -0.25) is 0 Å². The van der Waals surface area contributed by atoms with Gasteiger partial charge in [0.1, 0.15) is 18.2 Å². The first kappa shape index (κ1) is 11.1. The zero-order valence-corrected chi connectivity index (χ0v) is 10.2. The van der Waals surface area contributed by atoms with Crippen molar-refractivity contribution in [1.29, 1.82) is 0 Å². The van der Waals surface area contributed by atoms with Gasteiger partial charge in [-0.05, 0) is 48.6 Å². The van der Waals surface area contributed by atoms with E-state index < -0.39 is 0 Å². The van der Waals surface area contributed by atoms with Crippen molar-refractivity contribution in [1.82, 2.24) is 4.98 Å². The van der Waals surface area contributed by atoms with E-state index in [-0.39, 0.29) is 0 Å². The summed E-state index contributed by atoms with van der Waals surface area (Å²) in [5.74, 6) is 1.48. The number of aromatic nitrogens is 1. The molecule has 92 valence electrons. The van der Waals surface area contributed by atoms with Crippen LogP contribution in [0.5, 0.6) is 5.75 Å². The normalized spacial score (nSPS) is 13.3. The highest BCUT2D eigenvalue weighted by atomic mass is 16.5. The molecule has 0 aliphatic heterocycles. The molecule has 0 radical (unpaired) electrons. The van der Waals surface area contributed by atoms with Gasteiger partial charge in [-0.25, -0.2) is 4.98 Å². The number of nitrogens with zero attached hydrogens (tertiary/aromatic N) is 1. The maximum absolute atomic E-state index is 5.78. The molecule has 0 amide bonds. The van der Waals surface area contributed by atoms with Crippen LogP contribution < -0.4 is 10.5 Å². The van der Waals surface area contributed by atoms with E-state index >= 15 is 0 Å². The number of benzene rings is 1. The highest BCUT2D eigenvalue weighted by Gasteiger charge is 2.11. The molecule has 0 unspecified atom stereocenters. The minimum absolute atomic E-state index is 0.534. The average Bonchev–Trinajstić information content (AvgIpc) is 2.85. The van der Waals surface area contributed by atoms with Crippen LogP contribution in [0.2, 0.25) is 0 Å². The molecule has 0 atom stereocenters. The first-order valence-electron chi connectivity index (χ1n) is 6.26. The van der Waals surface area contributed by atoms with Crippen LogP contribution in [0.15, 0.2) is 36.5 Å². The van der Waals surface area contributed by atoms with Crippen LogP contribution in [0.4, 0.5) is 5.82 Å². The number of ether oxygens (including phenoxy) is 1. The maximum Gasteiger partial charge on any atom is 0.123 e. The molecule has 1 aliphatic rings. The van der Waals surface area contributed by atoms with E-state index in [0.717, 1.165) is 11.3 Å². The van der Waals surface area contributed by atoms with Crippen molar-refractivity contribution in [3.05, 3.63) is 53.2 Å². The predicted octanol–water partition coefficient (Wildman–Crippen LogP) is 2.73. The molecule has 18 heavy (non-hydrogen) atoms. The van der Waals surface area contributed by atoms with E-state index in [9.17, 15) is 0 Å². The van der Waals surface area contributed by atoms with E-state index in [1.165, 1.54) is 30.4 Å². The van der Waals surface area contributed by atoms with Crippen molar-refractivity contribution in [2.24, 2.45) is 0 Å². The molecule has 1 aromatic heterocycles. The molecule has 0 saturated heterocycles. The van der Waals surface area contributed by atoms with E-state index in [1.807, 2.05) is 6.07 Å². The summed E-state index contributed by atoms with van der Waals surface area (Å²) in [6, 6.07) is 10.1. The van der Waals surface area contributed by atoms with Crippen molar-refractivity contribution in [3.8, 4) is 5.75 Å². The second-order valence-electron chi connectivity index (χ2n) is 4.66. The third-order valence-electron chi connectivity index (χ3n) is 3.32. The van der Waals surface area contributed by atoms with Crippen molar-refractivity contribution >= 4 is 5.82 Å². The first-order chi connectivity index (χ1) is 8.81. The maximum atomic E-state index is 5.78. The Labute approximate surface area is 107 Å². The summed E-state index contributed by atoms with van der Waals surface area (Å²) >= 11 is 0. The van der Waals surface area contributed by atoms with Gasteiger partial charge in [0.2, 0.25) is 0 Å². The molecule has 2 aromatic rings. The topological polar surface area (TPSA) is 48.1 Å². The van der Waals surface area contributed by atoms with Crippen LogP contribution in [0.3, 0.4) is 0 Å². The van der Waals surface area contributed by atoms with Crippen molar-refractivity contribution in [3.63, 3.8) is 0 Å². The second kappa shape index (κ2) is 4.69. The molecule has 0 saturated carbocycles. The smallest absolute Gasteiger partial charge is 0.123 e. The SMILES string of the molecule is Nc1ccc(COc2ccc3c(c2)CCC3)cn1. The molecule has 0 bridgehead atoms. The molecular formula is C15H16N2O. The number of hydrogen-bond acceptors (Lipinski definition) is 3. The van der Waals surface area contributed by atoms with Crippen molar-refractivity contribution < 1.29 is 4.74 Å². The summed E-state index contributed by atoms with van der Waals surface area (Å²) in [4.78, 5) is 4.05. The summed E-state index contributed by atoms with van der Waals surface area (Å²) in [5.41, 5.74) is 9.48. The van der Waals surface area contributed by atoms with E-state index in [1.54, 1.807) is 12.3 Å². The third kappa shape index (κ3) is 2.30. The number of nitrogen functional groups attached to an aromatic ring is 1. The minimum atomic E-state index is 0.534. The zero-order chi connectivity index (χ0) is 12.4. The Bertz CT molecular complexity index is 549. The molecule has 3 rings (SSSR count). The molecule has 1 aromatic carbocycles. The predicted molar refractivity (Wildman–Crippen MR) is 71.4 cm³/mol. The quantitative estimate of drug-likeness (QED) is 0.897.